The molecular formula is C29H35F2N5O5. The second-order valence-electron chi connectivity index (χ2n) is 10.3. The maximum Gasteiger partial charge on any atom is 0.408 e. The number of hydrogen-bond donors (Lipinski definition) is 4. The zero-order valence-corrected chi connectivity index (χ0v) is 23.2. The van der Waals surface area contributed by atoms with E-state index in [9.17, 15) is 23.2 Å². The Morgan fingerprint density at radius 1 is 1.07 bits per heavy atom. The van der Waals surface area contributed by atoms with Gasteiger partial charge in [-0.15, -0.1) is 0 Å². The summed E-state index contributed by atoms with van der Waals surface area (Å²) in [5.74, 6) is -2.73. The Balaban J connectivity index is 1.95. The van der Waals surface area contributed by atoms with Gasteiger partial charge in [-0.3, -0.25) is 14.5 Å². The van der Waals surface area contributed by atoms with Gasteiger partial charge < -0.3 is 30.7 Å². The van der Waals surface area contributed by atoms with Gasteiger partial charge in [0.1, 0.15) is 28.8 Å². The fourth-order valence-corrected chi connectivity index (χ4v) is 4.00. The molecule has 0 unspecified atom stereocenters. The van der Waals surface area contributed by atoms with E-state index in [-0.39, 0.29) is 49.9 Å². The zero-order chi connectivity index (χ0) is 30.2. The number of alkyl carbamates (subject to hydrolysis) is 1. The minimum Gasteiger partial charge on any atom is -0.444 e. The van der Waals surface area contributed by atoms with Crippen LogP contribution in [-0.2, 0) is 20.9 Å². The van der Waals surface area contributed by atoms with E-state index in [0.717, 1.165) is 12.1 Å². The Hall–Kier alpha value is -4.29. The van der Waals surface area contributed by atoms with Crippen molar-refractivity contribution in [3.8, 4) is 0 Å². The molecule has 3 amide bonds. The smallest absolute Gasteiger partial charge is 0.408 e. The fraction of sp³-hybridized carbons (Fsp3) is 0.345. The molecule has 1 aliphatic heterocycles. The number of rotatable bonds is 11. The summed E-state index contributed by atoms with van der Waals surface area (Å²) >= 11 is 0. The summed E-state index contributed by atoms with van der Waals surface area (Å²) in [6, 6.07) is 11.5. The number of amides is 3. The molecule has 0 aromatic heterocycles. The summed E-state index contributed by atoms with van der Waals surface area (Å²) in [5, 5.41) is 16.9. The van der Waals surface area contributed by atoms with Crippen molar-refractivity contribution in [3.05, 3.63) is 95.6 Å². The summed E-state index contributed by atoms with van der Waals surface area (Å²) in [6.07, 6.45) is 0.543. The first-order valence-corrected chi connectivity index (χ1v) is 13.0. The molecule has 0 radical (unpaired) electrons. The van der Waals surface area contributed by atoms with Gasteiger partial charge in [0, 0.05) is 18.3 Å². The Morgan fingerprint density at radius 3 is 2.34 bits per heavy atom. The van der Waals surface area contributed by atoms with Crippen LogP contribution in [0, 0.1) is 11.6 Å². The van der Waals surface area contributed by atoms with Gasteiger partial charge in [0.05, 0.1) is 32.3 Å². The highest BCUT2D eigenvalue weighted by atomic mass is 19.1. The number of ether oxygens (including phenoxy) is 1. The molecule has 3 rings (SSSR count). The number of carbonyl (C=O) groups is 3. The summed E-state index contributed by atoms with van der Waals surface area (Å²) < 4.78 is 34.5. The van der Waals surface area contributed by atoms with Gasteiger partial charge in [-0.25, -0.2) is 13.6 Å². The molecule has 220 valence electrons. The van der Waals surface area contributed by atoms with Crippen molar-refractivity contribution >= 4 is 17.9 Å². The highest BCUT2D eigenvalue weighted by Gasteiger charge is 2.34. The van der Waals surface area contributed by atoms with Crippen LogP contribution in [0.25, 0.3) is 0 Å². The van der Waals surface area contributed by atoms with E-state index in [4.69, 9.17) is 9.84 Å². The van der Waals surface area contributed by atoms with Crippen molar-refractivity contribution in [2.45, 2.75) is 39.0 Å². The van der Waals surface area contributed by atoms with Crippen molar-refractivity contribution in [1.82, 2.24) is 25.8 Å². The average molecular weight is 572 g/mol. The minimum atomic E-state index is -0.790. The first kappa shape index (κ1) is 31.2. The third kappa shape index (κ3) is 8.85. The lowest BCUT2D eigenvalue weighted by atomic mass is 10.1. The molecule has 1 heterocycles. The standard InChI is InChI=1S/C29H35F2N5O5/c1-19-35(16-21-22(30)11-8-12-23(21)31)17-25(33-26(38)15-32-13-14-37)27(39)36(19)18-24(20-9-6-5-7-10-20)34-28(40)41-29(2,3)4/h5-12,17,24,32,37H,1,13-16,18H2,2-4H3,(H,33,38)(H,34,40)/t24-/m0/s1. The molecule has 0 spiro atoms. The molecule has 0 fully saturated rings. The highest BCUT2D eigenvalue weighted by Crippen LogP contribution is 2.27. The van der Waals surface area contributed by atoms with Gasteiger partial charge in [0.2, 0.25) is 5.91 Å². The number of nitrogens with one attached hydrogen (secondary N) is 3. The van der Waals surface area contributed by atoms with E-state index in [2.05, 4.69) is 22.5 Å². The SMILES string of the molecule is C=C1N(Cc2c(F)cccc2F)C=C(NC(=O)CNCCO)C(=O)N1C[C@H](NC(=O)OC(C)(C)C)c1ccccc1. The van der Waals surface area contributed by atoms with E-state index in [1.165, 1.54) is 22.1 Å². The van der Waals surface area contributed by atoms with E-state index >= 15 is 0 Å². The maximum atomic E-state index is 14.5. The predicted molar refractivity (Wildman–Crippen MR) is 147 cm³/mol. The molecule has 1 aliphatic rings. The van der Waals surface area contributed by atoms with Crippen molar-refractivity contribution in [2.75, 3.05) is 26.2 Å². The first-order chi connectivity index (χ1) is 19.4. The van der Waals surface area contributed by atoms with Gasteiger partial charge in [0.15, 0.2) is 0 Å². The van der Waals surface area contributed by atoms with Gasteiger partial charge in [0.25, 0.3) is 5.91 Å². The van der Waals surface area contributed by atoms with Crippen LogP contribution in [0.1, 0.15) is 37.9 Å². The molecule has 0 saturated carbocycles. The molecule has 41 heavy (non-hydrogen) atoms. The van der Waals surface area contributed by atoms with Crippen LogP contribution in [0.3, 0.4) is 0 Å². The van der Waals surface area contributed by atoms with Gasteiger partial charge in [-0.05, 0) is 38.5 Å². The van der Waals surface area contributed by atoms with E-state index in [0.29, 0.717) is 5.56 Å². The van der Waals surface area contributed by atoms with Gasteiger partial charge >= 0.3 is 6.09 Å². The lowest BCUT2D eigenvalue weighted by Crippen LogP contribution is -2.50. The Morgan fingerprint density at radius 2 is 1.73 bits per heavy atom. The normalized spacial score (nSPS) is 14.4. The Bertz CT molecular complexity index is 1280. The van der Waals surface area contributed by atoms with Gasteiger partial charge in [-0.2, -0.15) is 0 Å². The topological polar surface area (TPSA) is 123 Å². The third-order valence-corrected chi connectivity index (χ3v) is 5.90. The second-order valence-corrected chi connectivity index (χ2v) is 10.3. The Kier molecular flexibility index (Phi) is 10.6. The average Bonchev–Trinajstić information content (AvgIpc) is 2.90. The van der Waals surface area contributed by atoms with Crippen molar-refractivity contribution in [1.29, 1.82) is 0 Å². The number of aliphatic hydroxyl groups excluding tert-OH is 1. The number of aliphatic hydroxyl groups is 1. The number of halogens is 2. The summed E-state index contributed by atoms with van der Waals surface area (Å²) in [5.41, 5.74) is -0.560. The molecule has 0 saturated heterocycles. The van der Waals surface area contributed by atoms with E-state index in [1.807, 2.05) is 0 Å². The minimum absolute atomic E-state index is 0.0703. The van der Waals surface area contributed by atoms with Crippen molar-refractivity contribution in [2.24, 2.45) is 0 Å². The van der Waals surface area contributed by atoms with Crippen LogP contribution in [0.5, 0.6) is 0 Å². The molecule has 10 nitrogen and oxygen atoms in total. The van der Waals surface area contributed by atoms with Crippen LogP contribution in [-0.4, -0.2) is 64.7 Å². The van der Waals surface area contributed by atoms with Crippen LogP contribution < -0.4 is 16.0 Å². The third-order valence-electron chi connectivity index (χ3n) is 5.90. The lowest BCUT2D eigenvalue weighted by Gasteiger charge is -2.39. The van der Waals surface area contributed by atoms with E-state index < -0.39 is 41.2 Å². The zero-order valence-electron chi connectivity index (χ0n) is 23.2. The summed E-state index contributed by atoms with van der Waals surface area (Å²) in [4.78, 5) is 41.4. The number of carbonyl (C=O) groups excluding carboxylic acids is 3. The maximum absolute atomic E-state index is 14.5. The number of nitrogens with zero attached hydrogens (tertiary/aromatic N) is 2. The largest absolute Gasteiger partial charge is 0.444 e. The molecule has 0 bridgehead atoms. The number of hydrogen-bond acceptors (Lipinski definition) is 7. The lowest BCUT2D eigenvalue weighted by molar-refractivity contribution is -0.130. The summed E-state index contributed by atoms with van der Waals surface area (Å²) in [7, 11) is 0. The van der Waals surface area contributed by atoms with E-state index in [1.54, 1.807) is 51.1 Å². The molecule has 2 aromatic rings. The highest BCUT2D eigenvalue weighted by molar-refractivity contribution is 5.99. The van der Waals surface area contributed by atoms with Crippen molar-refractivity contribution in [3.63, 3.8) is 0 Å². The van der Waals surface area contributed by atoms with Crippen LogP contribution >= 0.6 is 0 Å². The fourth-order valence-electron chi connectivity index (χ4n) is 4.00. The van der Waals surface area contributed by atoms with Crippen LogP contribution in [0.4, 0.5) is 13.6 Å². The molecular weight excluding hydrogens is 536 g/mol. The van der Waals surface area contributed by atoms with Crippen LogP contribution in [0.15, 0.2) is 72.8 Å². The van der Waals surface area contributed by atoms with Crippen molar-refractivity contribution < 1.29 is 33.0 Å². The summed E-state index contributed by atoms with van der Waals surface area (Å²) in [6.45, 7) is 8.44. The second kappa shape index (κ2) is 13.9. The first-order valence-electron chi connectivity index (χ1n) is 13.0. The van der Waals surface area contributed by atoms with Gasteiger partial charge in [-0.1, -0.05) is 43.0 Å². The quantitative estimate of drug-likeness (QED) is 0.306. The molecule has 0 aliphatic carbocycles. The number of benzene rings is 2. The monoisotopic (exact) mass is 571 g/mol. The Labute approximate surface area is 237 Å². The molecule has 4 N–H and O–H groups in total. The van der Waals surface area contributed by atoms with Crippen LogP contribution in [0.2, 0.25) is 0 Å². The molecule has 12 heteroatoms. The predicted octanol–water partition coefficient (Wildman–Crippen LogP) is 2.89. The molecule has 1 atom stereocenters. The molecule has 2 aromatic carbocycles.